The van der Waals surface area contributed by atoms with E-state index in [9.17, 15) is 18.0 Å². The van der Waals surface area contributed by atoms with Crippen molar-refractivity contribution in [1.29, 1.82) is 0 Å². The summed E-state index contributed by atoms with van der Waals surface area (Å²) in [6.07, 6.45) is 0.653. The molecule has 0 atom stereocenters. The van der Waals surface area contributed by atoms with Crippen molar-refractivity contribution >= 4 is 21.8 Å². The molecule has 1 heterocycles. The fourth-order valence-electron chi connectivity index (χ4n) is 2.72. The molecule has 1 aromatic rings. The number of para-hydroxylation sites is 1. The van der Waals surface area contributed by atoms with Crippen molar-refractivity contribution in [1.82, 2.24) is 9.62 Å². The molecule has 1 aromatic carbocycles. The van der Waals surface area contributed by atoms with Gasteiger partial charge in [-0.05, 0) is 17.0 Å². The first-order chi connectivity index (χ1) is 12.0. The number of hydrogen-bond donors (Lipinski definition) is 1. The highest BCUT2D eigenvalue weighted by molar-refractivity contribution is 7.89. The van der Waals surface area contributed by atoms with Gasteiger partial charge in [0.15, 0.2) is 0 Å². The Labute approximate surface area is 154 Å². The Bertz CT molecular complexity index is 777. The predicted octanol–water partition coefficient (Wildman–Crippen LogP) is 1.43. The molecule has 0 radical (unpaired) electrons. The molecule has 1 aliphatic rings. The van der Waals surface area contributed by atoms with E-state index in [1.54, 1.807) is 4.90 Å². The van der Waals surface area contributed by atoms with Crippen LogP contribution in [0.3, 0.4) is 0 Å². The van der Waals surface area contributed by atoms with Crippen molar-refractivity contribution in [3.8, 4) is 5.75 Å². The summed E-state index contributed by atoms with van der Waals surface area (Å²) in [6.45, 7) is 7.28. The molecular weight excluding hydrogens is 356 g/mol. The zero-order chi connectivity index (χ0) is 19.5. The van der Waals surface area contributed by atoms with E-state index in [1.807, 2.05) is 29.0 Å². The normalized spacial score (nSPS) is 15.3. The third kappa shape index (κ3) is 5.72. The van der Waals surface area contributed by atoms with Crippen LogP contribution in [0.1, 0.15) is 39.2 Å². The van der Waals surface area contributed by atoms with E-state index < -0.39 is 15.9 Å². The molecule has 26 heavy (non-hydrogen) atoms. The second-order valence-electron chi connectivity index (χ2n) is 7.58. The number of hydrogen-bond acceptors (Lipinski definition) is 5. The largest absolute Gasteiger partial charge is 0.486 e. The van der Waals surface area contributed by atoms with Crippen LogP contribution >= 0.6 is 0 Å². The van der Waals surface area contributed by atoms with E-state index in [0.717, 1.165) is 17.6 Å². The summed E-state index contributed by atoms with van der Waals surface area (Å²) in [5.74, 6) is -0.0319. The number of sulfonamides is 1. The first-order valence-electron chi connectivity index (χ1n) is 8.50. The molecular formula is C18H26N2O5S. The quantitative estimate of drug-likeness (QED) is 0.803. The van der Waals surface area contributed by atoms with Crippen molar-refractivity contribution in [2.45, 2.75) is 45.1 Å². The lowest BCUT2D eigenvalue weighted by Crippen LogP contribution is -2.56. The highest BCUT2D eigenvalue weighted by Crippen LogP contribution is 2.32. The SMILES string of the molecule is CC(C)(C)c1ccccc1OC1CN(C(=O)CCC(=O)NS(C)(=O)=O)C1. The number of ether oxygens (including phenoxy) is 1. The number of rotatable bonds is 6. The van der Waals surface area contributed by atoms with Gasteiger partial charge in [-0.25, -0.2) is 8.42 Å². The highest BCUT2D eigenvalue weighted by Gasteiger charge is 2.33. The maximum atomic E-state index is 12.1. The highest BCUT2D eigenvalue weighted by atomic mass is 32.2. The Balaban J connectivity index is 1.81. The molecule has 1 fully saturated rings. The van der Waals surface area contributed by atoms with Gasteiger partial charge in [-0.1, -0.05) is 39.0 Å². The third-order valence-corrected chi connectivity index (χ3v) is 4.65. The minimum atomic E-state index is -3.59. The summed E-state index contributed by atoms with van der Waals surface area (Å²) in [5, 5.41) is 0. The molecule has 2 rings (SSSR count). The molecule has 1 saturated heterocycles. The lowest BCUT2D eigenvalue weighted by molar-refractivity contribution is -0.141. The van der Waals surface area contributed by atoms with Crippen LogP contribution in [0.4, 0.5) is 0 Å². The van der Waals surface area contributed by atoms with Crippen LogP contribution in [0.15, 0.2) is 24.3 Å². The fourth-order valence-corrected chi connectivity index (χ4v) is 3.24. The van der Waals surface area contributed by atoms with Gasteiger partial charge < -0.3 is 9.64 Å². The first-order valence-corrected chi connectivity index (χ1v) is 10.4. The van der Waals surface area contributed by atoms with Crippen LogP contribution in [0.2, 0.25) is 0 Å². The van der Waals surface area contributed by atoms with Gasteiger partial charge in [0.2, 0.25) is 21.8 Å². The number of nitrogens with one attached hydrogen (secondary N) is 1. The van der Waals surface area contributed by atoms with Crippen LogP contribution in [-0.4, -0.2) is 50.6 Å². The zero-order valence-corrected chi connectivity index (χ0v) is 16.4. The summed E-state index contributed by atoms with van der Waals surface area (Å²) >= 11 is 0. The zero-order valence-electron chi connectivity index (χ0n) is 15.6. The lowest BCUT2D eigenvalue weighted by atomic mass is 9.86. The summed E-state index contributed by atoms with van der Waals surface area (Å²) in [7, 11) is -3.59. The molecule has 0 bridgehead atoms. The molecule has 0 aliphatic carbocycles. The number of likely N-dealkylation sites (tertiary alicyclic amines) is 1. The summed E-state index contributed by atoms with van der Waals surface area (Å²) < 4.78 is 29.8. The van der Waals surface area contributed by atoms with Crippen molar-refractivity contribution < 1.29 is 22.7 Å². The van der Waals surface area contributed by atoms with Crippen LogP contribution in [0, 0.1) is 0 Å². The fraction of sp³-hybridized carbons (Fsp3) is 0.556. The second kappa shape index (κ2) is 7.65. The number of benzene rings is 1. The second-order valence-corrected chi connectivity index (χ2v) is 9.33. The number of carbonyl (C=O) groups is 2. The van der Waals surface area contributed by atoms with Crippen molar-refractivity contribution in [2.24, 2.45) is 0 Å². The topological polar surface area (TPSA) is 92.8 Å². The minimum absolute atomic E-state index is 0.0212. The van der Waals surface area contributed by atoms with Crippen molar-refractivity contribution in [2.75, 3.05) is 19.3 Å². The Hall–Kier alpha value is -2.09. The van der Waals surface area contributed by atoms with Gasteiger partial charge in [0, 0.05) is 12.8 Å². The maximum absolute atomic E-state index is 12.1. The third-order valence-electron chi connectivity index (χ3n) is 4.05. The minimum Gasteiger partial charge on any atom is -0.486 e. The summed E-state index contributed by atoms with van der Waals surface area (Å²) in [4.78, 5) is 25.1. The van der Waals surface area contributed by atoms with E-state index in [0.29, 0.717) is 13.1 Å². The monoisotopic (exact) mass is 382 g/mol. The first kappa shape index (κ1) is 20.2. The lowest BCUT2D eigenvalue weighted by Gasteiger charge is -2.40. The standard InChI is InChI=1S/C18H26N2O5S/c1-18(2,3)14-7-5-6-8-15(14)25-13-11-20(12-13)17(22)10-9-16(21)19-26(4,23)24/h5-8,13H,9-12H2,1-4H3,(H,19,21). The van der Waals surface area contributed by atoms with E-state index in [4.69, 9.17) is 4.74 Å². The van der Waals surface area contributed by atoms with Gasteiger partial charge in [-0.15, -0.1) is 0 Å². The number of amides is 2. The molecule has 0 saturated carbocycles. The van der Waals surface area contributed by atoms with Crippen LogP contribution in [-0.2, 0) is 25.0 Å². The number of nitrogens with zero attached hydrogens (tertiary/aromatic N) is 1. The number of carbonyl (C=O) groups excluding carboxylic acids is 2. The Kier molecular flexibility index (Phi) is 5.95. The van der Waals surface area contributed by atoms with Gasteiger partial charge in [0.05, 0.1) is 19.3 Å². The van der Waals surface area contributed by atoms with E-state index in [1.165, 1.54) is 0 Å². The average molecular weight is 382 g/mol. The average Bonchev–Trinajstić information content (AvgIpc) is 2.45. The molecule has 7 nitrogen and oxygen atoms in total. The Morgan fingerprint density at radius 3 is 2.38 bits per heavy atom. The molecule has 1 aliphatic heterocycles. The molecule has 0 unspecified atom stereocenters. The molecule has 144 valence electrons. The maximum Gasteiger partial charge on any atom is 0.233 e. The van der Waals surface area contributed by atoms with Crippen LogP contribution in [0.5, 0.6) is 5.75 Å². The van der Waals surface area contributed by atoms with Gasteiger partial charge in [-0.2, -0.15) is 0 Å². The summed E-state index contributed by atoms with van der Waals surface area (Å²) in [6, 6.07) is 7.87. The summed E-state index contributed by atoms with van der Waals surface area (Å²) in [5.41, 5.74) is 1.07. The van der Waals surface area contributed by atoms with Gasteiger partial charge in [0.1, 0.15) is 11.9 Å². The van der Waals surface area contributed by atoms with Crippen molar-refractivity contribution in [3.05, 3.63) is 29.8 Å². The van der Waals surface area contributed by atoms with Crippen molar-refractivity contribution in [3.63, 3.8) is 0 Å². The Morgan fingerprint density at radius 1 is 1.19 bits per heavy atom. The predicted molar refractivity (Wildman–Crippen MR) is 98.4 cm³/mol. The van der Waals surface area contributed by atoms with E-state index in [-0.39, 0.29) is 30.3 Å². The Morgan fingerprint density at radius 2 is 1.81 bits per heavy atom. The van der Waals surface area contributed by atoms with Gasteiger partial charge >= 0.3 is 0 Å². The molecule has 2 amide bonds. The van der Waals surface area contributed by atoms with E-state index >= 15 is 0 Å². The van der Waals surface area contributed by atoms with E-state index in [2.05, 4.69) is 20.8 Å². The molecule has 0 aromatic heterocycles. The molecule has 8 heteroatoms. The molecule has 1 N–H and O–H groups in total. The van der Waals surface area contributed by atoms with Gasteiger partial charge in [0.25, 0.3) is 0 Å². The molecule has 0 spiro atoms. The smallest absolute Gasteiger partial charge is 0.233 e. The van der Waals surface area contributed by atoms with Gasteiger partial charge in [-0.3, -0.25) is 14.3 Å². The van der Waals surface area contributed by atoms with Crippen LogP contribution in [0.25, 0.3) is 0 Å². The van der Waals surface area contributed by atoms with Crippen LogP contribution < -0.4 is 9.46 Å².